The molecule has 7 nitrogen and oxygen atoms in total. The fourth-order valence-corrected chi connectivity index (χ4v) is 4.33. The zero-order chi connectivity index (χ0) is 22.1. The van der Waals surface area contributed by atoms with Crippen LogP contribution in [0.4, 0.5) is 5.82 Å². The van der Waals surface area contributed by atoms with Crippen molar-refractivity contribution in [2.45, 2.75) is 53.0 Å². The number of hydrogen-bond acceptors (Lipinski definition) is 5. The Morgan fingerprint density at radius 2 is 2.00 bits per heavy atom. The topological polar surface area (TPSA) is 75.9 Å². The summed E-state index contributed by atoms with van der Waals surface area (Å²) < 4.78 is 1.91. The molecule has 3 aromatic rings. The zero-order valence-corrected chi connectivity index (χ0v) is 19.3. The van der Waals surface area contributed by atoms with Crippen molar-refractivity contribution in [2.75, 3.05) is 18.0 Å². The minimum atomic E-state index is -0.0552. The predicted octanol–water partition coefficient (Wildman–Crippen LogP) is 4.22. The molecule has 1 aliphatic heterocycles. The lowest BCUT2D eigenvalue weighted by molar-refractivity contribution is -0.125. The maximum Gasteiger partial charge on any atom is 0.225 e. The monoisotopic (exact) mass is 440 g/mol. The highest BCUT2D eigenvalue weighted by Crippen LogP contribution is 2.31. The molecule has 8 heteroatoms. The number of fused-ring (bicyclic) bond motifs is 1. The lowest BCUT2D eigenvalue weighted by Crippen LogP contribution is -2.45. The van der Waals surface area contributed by atoms with Crippen LogP contribution in [0.5, 0.6) is 0 Å². The molecule has 1 amide bonds. The highest BCUT2D eigenvalue weighted by molar-refractivity contribution is 6.30. The molecule has 4 rings (SSSR count). The molecule has 1 fully saturated rings. The number of carbonyl (C=O) groups excluding carboxylic acids is 1. The first kappa shape index (κ1) is 21.6. The van der Waals surface area contributed by atoms with Crippen molar-refractivity contribution in [1.29, 1.82) is 0 Å². The number of aryl methyl sites for hydroxylation is 2. The number of nitrogens with one attached hydrogen (secondary N) is 1. The van der Waals surface area contributed by atoms with Crippen LogP contribution in [0.2, 0.25) is 5.02 Å². The molecule has 0 aliphatic carbocycles. The van der Waals surface area contributed by atoms with Gasteiger partial charge in [0.1, 0.15) is 5.52 Å². The van der Waals surface area contributed by atoms with Crippen molar-refractivity contribution in [2.24, 2.45) is 5.92 Å². The molecular formula is C23H29ClN6O. The van der Waals surface area contributed by atoms with Gasteiger partial charge in [-0.25, -0.2) is 4.68 Å². The number of nitrogens with zero attached hydrogens (tertiary/aromatic N) is 5. The van der Waals surface area contributed by atoms with Gasteiger partial charge in [0.05, 0.1) is 28.4 Å². The van der Waals surface area contributed by atoms with Gasteiger partial charge in [-0.2, -0.15) is 10.2 Å². The fourth-order valence-electron chi connectivity index (χ4n) is 4.20. The molecule has 1 aromatic carbocycles. The third-order valence-corrected chi connectivity index (χ3v) is 6.40. The Morgan fingerprint density at radius 3 is 2.71 bits per heavy atom. The maximum absolute atomic E-state index is 12.7. The Morgan fingerprint density at radius 1 is 1.26 bits per heavy atom. The van der Waals surface area contributed by atoms with Crippen molar-refractivity contribution < 1.29 is 4.79 Å². The second-order valence-corrected chi connectivity index (χ2v) is 8.85. The number of rotatable bonds is 5. The second-order valence-electron chi connectivity index (χ2n) is 8.41. The molecule has 0 spiro atoms. The van der Waals surface area contributed by atoms with Crippen LogP contribution in [-0.2, 0) is 4.79 Å². The van der Waals surface area contributed by atoms with Crippen LogP contribution in [0.15, 0.2) is 24.3 Å². The normalized spacial score (nSPS) is 17.7. The van der Waals surface area contributed by atoms with Gasteiger partial charge < -0.3 is 10.2 Å². The van der Waals surface area contributed by atoms with E-state index in [1.54, 1.807) is 0 Å². The van der Waals surface area contributed by atoms with Gasteiger partial charge in [0.2, 0.25) is 5.91 Å². The SMILES string of the molecule is CC[C@@H](C)NC(=O)[C@H]1CCCN(c2nnc(C)c3c(C)n(-c4ccc(Cl)cc4)nc23)C1. The van der Waals surface area contributed by atoms with Crippen LogP contribution >= 0.6 is 11.6 Å². The number of benzene rings is 1. The molecule has 0 radical (unpaired) electrons. The molecule has 0 unspecified atom stereocenters. The number of anilines is 1. The first-order chi connectivity index (χ1) is 14.9. The van der Waals surface area contributed by atoms with Gasteiger partial charge in [0.25, 0.3) is 0 Å². The van der Waals surface area contributed by atoms with E-state index in [1.807, 2.05) is 49.7 Å². The second kappa shape index (κ2) is 8.83. The van der Waals surface area contributed by atoms with Crippen molar-refractivity contribution >= 4 is 34.2 Å². The Hall–Kier alpha value is -2.67. The van der Waals surface area contributed by atoms with Crippen LogP contribution < -0.4 is 10.2 Å². The summed E-state index contributed by atoms with van der Waals surface area (Å²) in [5, 5.41) is 18.7. The third kappa shape index (κ3) is 4.24. The lowest BCUT2D eigenvalue weighted by atomic mass is 9.96. The van der Waals surface area contributed by atoms with E-state index in [9.17, 15) is 4.79 Å². The van der Waals surface area contributed by atoms with E-state index in [-0.39, 0.29) is 17.9 Å². The van der Waals surface area contributed by atoms with Gasteiger partial charge in [-0.15, -0.1) is 5.10 Å². The minimum Gasteiger partial charge on any atom is -0.353 e. The number of piperidine rings is 1. The molecule has 2 aromatic heterocycles. The van der Waals surface area contributed by atoms with Gasteiger partial charge in [-0.1, -0.05) is 18.5 Å². The van der Waals surface area contributed by atoms with Crippen LogP contribution in [0.1, 0.15) is 44.5 Å². The van der Waals surface area contributed by atoms with E-state index in [2.05, 4.69) is 27.3 Å². The van der Waals surface area contributed by atoms with Gasteiger partial charge in [0.15, 0.2) is 5.82 Å². The molecule has 164 valence electrons. The van der Waals surface area contributed by atoms with Gasteiger partial charge >= 0.3 is 0 Å². The summed E-state index contributed by atoms with van der Waals surface area (Å²) in [5.74, 6) is 0.816. The third-order valence-electron chi connectivity index (χ3n) is 6.15. The fraction of sp³-hybridized carbons (Fsp3) is 0.478. The summed E-state index contributed by atoms with van der Waals surface area (Å²) in [6.45, 7) is 9.59. The summed E-state index contributed by atoms with van der Waals surface area (Å²) in [5.41, 5.74) is 3.62. The van der Waals surface area contributed by atoms with Crippen molar-refractivity contribution in [3.8, 4) is 5.69 Å². The quantitative estimate of drug-likeness (QED) is 0.642. The zero-order valence-electron chi connectivity index (χ0n) is 18.5. The highest BCUT2D eigenvalue weighted by atomic mass is 35.5. The molecule has 31 heavy (non-hydrogen) atoms. The highest BCUT2D eigenvalue weighted by Gasteiger charge is 2.29. The van der Waals surface area contributed by atoms with Crippen molar-refractivity contribution in [3.05, 3.63) is 40.7 Å². The van der Waals surface area contributed by atoms with E-state index in [0.29, 0.717) is 11.6 Å². The molecule has 2 atom stereocenters. The Kier molecular flexibility index (Phi) is 6.14. The van der Waals surface area contributed by atoms with Crippen molar-refractivity contribution in [3.63, 3.8) is 0 Å². The maximum atomic E-state index is 12.7. The number of hydrogen-bond donors (Lipinski definition) is 1. The van der Waals surface area contributed by atoms with Crippen LogP contribution in [-0.4, -0.2) is 45.0 Å². The molecule has 0 bridgehead atoms. The Balaban J connectivity index is 1.69. The van der Waals surface area contributed by atoms with E-state index >= 15 is 0 Å². The van der Waals surface area contributed by atoms with E-state index in [1.165, 1.54) is 0 Å². The van der Waals surface area contributed by atoms with Gasteiger partial charge in [-0.3, -0.25) is 4.79 Å². The van der Waals surface area contributed by atoms with Gasteiger partial charge in [-0.05, 0) is 64.3 Å². The predicted molar refractivity (Wildman–Crippen MR) is 124 cm³/mol. The average molecular weight is 441 g/mol. The molecular weight excluding hydrogens is 412 g/mol. The Labute approximate surface area is 187 Å². The molecule has 1 N–H and O–H groups in total. The lowest BCUT2D eigenvalue weighted by Gasteiger charge is -2.33. The van der Waals surface area contributed by atoms with Crippen LogP contribution in [0.3, 0.4) is 0 Å². The van der Waals surface area contributed by atoms with Crippen LogP contribution in [0.25, 0.3) is 16.6 Å². The number of amides is 1. The summed E-state index contributed by atoms with van der Waals surface area (Å²) in [6, 6.07) is 7.81. The van der Waals surface area contributed by atoms with Gasteiger partial charge in [0, 0.05) is 24.2 Å². The summed E-state index contributed by atoms with van der Waals surface area (Å²) >= 11 is 6.06. The van der Waals surface area contributed by atoms with Crippen LogP contribution in [0, 0.1) is 19.8 Å². The number of carbonyl (C=O) groups is 1. The first-order valence-corrected chi connectivity index (χ1v) is 11.3. The molecule has 1 aliphatic rings. The molecule has 1 saturated heterocycles. The largest absolute Gasteiger partial charge is 0.353 e. The van der Waals surface area contributed by atoms with Crippen molar-refractivity contribution in [1.82, 2.24) is 25.3 Å². The Bertz CT molecular complexity index is 1090. The smallest absolute Gasteiger partial charge is 0.225 e. The minimum absolute atomic E-state index is 0.0552. The number of aromatic nitrogens is 4. The first-order valence-electron chi connectivity index (χ1n) is 10.9. The van der Waals surface area contributed by atoms with E-state index in [0.717, 1.165) is 59.6 Å². The number of halogens is 1. The van der Waals surface area contributed by atoms with E-state index < -0.39 is 0 Å². The molecule has 0 saturated carbocycles. The molecule has 3 heterocycles. The average Bonchev–Trinajstić information content (AvgIpc) is 3.12. The summed E-state index contributed by atoms with van der Waals surface area (Å²) in [7, 11) is 0. The summed E-state index contributed by atoms with van der Waals surface area (Å²) in [6.07, 6.45) is 2.75. The summed E-state index contributed by atoms with van der Waals surface area (Å²) in [4.78, 5) is 14.9. The van der Waals surface area contributed by atoms with E-state index in [4.69, 9.17) is 16.7 Å². The standard InChI is InChI=1S/C23H29ClN6O/c1-5-14(2)25-23(31)17-7-6-12-29(13-17)22-21-20(15(3)26-27-22)16(4)30(28-21)19-10-8-18(24)9-11-19/h8-11,14,17H,5-7,12-13H2,1-4H3,(H,25,31)/t14-,17+/m1/s1.